The van der Waals surface area contributed by atoms with Crippen molar-refractivity contribution in [2.45, 2.75) is 19.3 Å². The first kappa shape index (κ1) is 10.5. The zero-order valence-electron chi connectivity index (χ0n) is 9.49. The minimum absolute atomic E-state index is 0.709. The average molecular weight is 205 g/mol. The van der Waals surface area contributed by atoms with Gasteiger partial charge in [0.2, 0.25) is 0 Å². The van der Waals surface area contributed by atoms with Crippen molar-refractivity contribution in [3.63, 3.8) is 0 Å². The summed E-state index contributed by atoms with van der Waals surface area (Å²) in [5.74, 6) is 2.56. The number of methoxy groups -OCH3 is 1. The standard InChI is InChI=1S/C13H19NO/c1-3-14-9-10-8-12(10)11-6-4-5-7-13(11)15-2/h4-7,10,12,14H,3,8-9H2,1-2H3. The van der Waals surface area contributed by atoms with Gasteiger partial charge in [-0.05, 0) is 43.0 Å². The molecule has 1 N–H and O–H groups in total. The number of benzene rings is 1. The molecule has 1 aliphatic rings. The number of ether oxygens (including phenoxy) is 1. The van der Waals surface area contributed by atoms with E-state index in [-0.39, 0.29) is 0 Å². The number of rotatable bonds is 5. The van der Waals surface area contributed by atoms with Crippen molar-refractivity contribution in [1.82, 2.24) is 5.32 Å². The Morgan fingerprint density at radius 1 is 1.40 bits per heavy atom. The second-order valence-electron chi connectivity index (χ2n) is 4.15. The van der Waals surface area contributed by atoms with Crippen LogP contribution in [0, 0.1) is 5.92 Å². The van der Waals surface area contributed by atoms with Gasteiger partial charge < -0.3 is 10.1 Å². The van der Waals surface area contributed by atoms with E-state index >= 15 is 0 Å². The molecule has 0 aliphatic heterocycles. The van der Waals surface area contributed by atoms with Gasteiger partial charge in [0.1, 0.15) is 5.75 Å². The monoisotopic (exact) mass is 205 g/mol. The van der Waals surface area contributed by atoms with Crippen molar-refractivity contribution < 1.29 is 4.74 Å². The van der Waals surface area contributed by atoms with Crippen LogP contribution >= 0.6 is 0 Å². The molecule has 1 aliphatic carbocycles. The maximum absolute atomic E-state index is 5.38. The predicted octanol–water partition coefficient (Wildman–Crippen LogP) is 2.41. The highest BCUT2D eigenvalue weighted by atomic mass is 16.5. The second kappa shape index (κ2) is 4.67. The molecule has 1 saturated carbocycles. The van der Waals surface area contributed by atoms with Crippen LogP contribution in [0.5, 0.6) is 5.75 Å². The van der Waals surface area contributed by atoms with E-state index < -0.39 is 0 Å². The number of nitrogens with one attached hydrogen (secondary N) is 1. The van der Waals surface area contributed by atoms with Crippen LogP contribution in [0.2, 0.25) is 0 Å². The molecule has 15 heavy (non-hydrogen) atoms. The molecule has 1 fully saturated rings. The van der Waals surface area contributed by atoms with Gasteiger partial charge in [0.05, 0.1) is 7.11 Å². The number of hydrogen-bond donors (Lipinski definition) is 1. The third-order valence-electron chi connectivity index (χ3n) is 3.12. The second-order valence-corrected chi connectivity index (χ2v) is 4.15. The van der Waals surface area contributed by atoms with Gasteiger partial charge in [0.25, 0.3) is 0 Å². The smallest absolute Gasteiger partial charge is 0.122 e. The van der Waals surface area contributed by atoms with Gasteiger partial charge in [-0.2, -0.15) is 0 Å². The van der Waals surface area contributed by atoms with Gasteiger partial charge in [-0.25, -0.2) is 0 Å². The van der Waals surface area contributed by atoms with Crippen molar-refractivity contribution in [2.75, 3.05) is 20.2 Å². The fourth-order valence-corrected chi connectivity index (χ4v) is 2.16. The highest BCUT2D eigenvalue weighted by Crippen LogP contribution is 2.49. The summed E-state index contributed by atoms with van der Waals surface area (Å²) in [6.07, 6.45) is 1.30. The number of hydrogen-bond acceptors (Lipinski definition) is 2. The molecule has 0 radical (unpaired) electrons. The summed E-state index contributed by atoms with van der Waals surface area (Å²) in [7, 11) is 1.75. The van der Waals surface area contributed by atoms with Gasteiger partial charge in [0.15, 0.2) is 0 Å². The summed E-state index contributed by atoms with van der Waals surface area (Å²) >= 11 is 0. The lowest BCUT2D eigenvalue weighted by Crippen LogP contribution is -2.16. The van der Waals surface area contributed by atoms with Gasteiger partial charge in [-0.15, -0.1) is 0 Å². The van der Waals surface area contributed by atoms with E-state index in [0.29, 0.717) is 5.92 Å². The summed E-state index contributed by atoms with van der Waals surface area (Å²) < 4.78 is 5.38. The molecular weight excluding hydrogens is 186 g/mol. The van der Waals surface area contributed by atoms with Crippen molar-refractivity contribution in [3.8, 4) is 5.75 Å². The molecule has 0 amide bonds. The zero-order chi connectivity index (χ0) is 10.7. The Morgan fingerprint density at radius 2 is 2.20 bits per heavy atom. The first-order valence-electron chi connectivity index (χ1n) is 5.70. The Bertz CT molecular complexity index is 324. The minimum Gasteiger partial charge on any atom is -0.496 e. The molecule has 1 aromatic rings. The van der Waals surface area contributed by atoms with Crippen molar-refractivity contribution in [3.05, 3.63) is 29.8 Å². The quantitative estimate of drug-likeness (QED) is 0.797. The lowest BCUT2D eigenvalue weighted by atomic mass is 10.1. The van der Waals surface area contributed by atoms with E-state index in [1.54, 1.807) is 7.11 Å². The van der Waals surface area contributed by atoms with Crippen LogP contribution in [0.4, 0.5) is 0 Å². The Morgan fingerprint density at radius 3 is 2.93 bits per heavy atom. The molecule has 82 valence electrons. The molecule has 2 rings (SSSR count). The van der Waals surface area contributed by atoms with Gasteiger partial charge >= 0.3 is 0 Å². The van der Waals surface area contributed by atoms with Crippen LogP contribution in [0.1, 0.15) is 24.8 Å². The van der Waals surface area contributed by atoms with Gasteiger partial charge in [0, 0.05) is 0 Å². The number of para-hydroxylation sites is 1. The Labute approximate surface area is 91.6 Å². The van der Waals surface area contributed by atoms with Crippen LogP contribution in [0.25, 0.3) is 0 Å². The minimum atomic E-state index is 0.709. The van der Waals surface area contributed by atoms with E-state index in [1.807, 2.05) is 6.07 Å². The summed E-state index contributed by atoms with van der Waals surface area (Å²) in [6.45, 7) is 4.36. The van der Waals surface area contributed by atoms with Crippen LogP contribution in [-0.4, -0.2) is 20.2 Å². The first-order valence-corrected chi connectivity index (χ1v) is 5.70. The first-order chi connectivity index (χ1) is 7.36. The maximum atomic E-state index is 5.38. The third-order valence-corrected chi connectivity index (χ3v) is 3.12. The fourth-order valence-electron chi connectivity index (χ4n) is 2.16. The fraction of sp³-hybridized carbons (Fsp3) is 0.538. The van der Waals surface area contributed by atoms with Crippen LogP contribution in [0.15, 0.2) is 24.3 Å². The van der Waals surface area contributed by atoms with E-state index in [4.69, 9.17) is 4.74 Å². The summed E-state index contributed by atoms with van der Waals surface area (Å²) in [5, 5.41) is 3.41. The van der Waals surface area contributed by atoms with Crippen molar-refractivity contribution in [1.29, 1.82) is 0 Å². The largest absolute Gasteiger partial charge is 0.496 e. The van der Waals surface area contributed by atoms with Crippen LogP contribution < -0.4 is 10.1 Å². The predicted molar refractivity (Wildman–Crippen MR) is 62.4 cm³/mol. The Hall–Kier alpha value is -1.02. The SMILES string of the molecule is CCNCC1CC1c1ccccc1OC. The normalized spacial score (nSPS) is 23.9. The zero-order valence-corrected chi connectivity index (χ0v) is 9.49. The molecule has 2 unspecified atom stereocenters. The molecular formula is C13H19NO. The molecule has 0 aromatic heterocycles. The summed E-state index contributed by atoms with van der Waals surface area (Å²) in [5.41, 5.74) is 1.38. The lowest BCUT2D eigenvalue weighted by Gasteiger charge is -2.07. The highest BCUT2D eigenvalue weighted by Gasteiger charge is 2.39. The van der Waals surface area contributed by atoms with Crippen LogP contribution in [-0.2, 0) is 0 Å². The van der Waals surface area contributed by atoms with E-state index in [0.717, 1.165) is 24.8 Å². The highest BCUT2D eigenvalue weighted by molar-refractivity contribution is 5.39. The van der Waals surface area contributed by atoms with Crippen LogP contribution in [0.3, 0.4) is 0 Å². The average Bonchev–Trinajstić information content (AvgIpc) is 3.05. The van der Waals surface area contributed by atoms with Crippen molar-refractivity contribution in [2.24, 2.45) is 5.92 Å². The Kier molecular flexibility index (Phi) is 3.27. The molecule has 0 saturated heterocycles. The maximum Gasteiger partial charge on any atom is 0.122 e. The van der Waals surface area contributed by atoms with E-state index in [2.05, 4.69) is 30.4 Å². The molecule has 2 nitrogen and oxygen atoms in total. The molecule has 1 aromatic carbocycles. The van der Waals surface area contributed by atoms with Gasteiger partial charge in [-0.3, -0.25) is 0 Å². The van der Waals surface area contributed by atoms with E-state index in [9.17, 15) is 0 Å². The molecule has 2 atom stereocenters. The molecule has 0 spiro atoms. The molecule has 0 bridgehead atoms. The Balaban J connectivity index is 1.99. The molecule has 0 heterocycles. The molecule has 2 heteroatoms. The lowest BCUT2D eigenvalue weighted by molar-refractivity contribution is 0.409. The topological polar surface area (TPSA) is 21.3 Å². The van der Waals surface area contributed by atoms with Gasteiger partial charge in [-0.1, -0.05) is 25.1 Å². The third kappa shape index (κ3) is 2.32. The summed E-state index contributed by atoms with van der Waals surface area (Å²) in [6, 6.07) is 8.37. The van der Waals surface area contributed by atoms with E-state index in [1.165, 1.54) is 12.0 Å². The summed E-state index contributed by atoms with van der Waals surface area (Å²) in [4.78, 5) is 0. The van der Waals surface area contributed by atoms with Crippen molar-refractivity contribution >= 4 is 0 Å².